The number of benzene rings is 2. The van der Waals surface area contributed by atoms with Crippen LogP contribution in [0, 0.1) is 18.8 Å². The maximum Gasteiger partial charge on any atom is 0.227 e. The van der Waals surface area contributed by atoms with Crippen molar-refractivity contribution in [1.29, 1.82) is 0 Å². The van der Waals surface area contributed by atoms with E-state index in [4.69, 9.17) is 5.10 Å². The first kappa shape index (κ1) is 24.5. The third-order valence-corrected chi connectivity index (χ3v) is 6.63. The van der Waals surface area contributed by atoms with E-state index in [1.165, 1.54) is 0 Å². The number of amides is 2. The average Bonchev–Trinajstić information content (AvgIpc) is 3.20. The summed E-state index contributed by atoms with van der Waals surface area (Å²) in [4.78, 5) is 27.8. The van der Waals surface area contributed by atoms with Gasteiger partial charge in [-0.25, -0.2) is 4.68 Å². The summed E-state index contributed by atoms with van der Waals surface area (Å²) in [6.45, 7) is 9.12. The van der Waals surface area contributed by atoms with E-state index in [-0.39, 0.29) is 29.7 Å². The molecule has 0 radical (unpaired) electrons. The van der Waals surface area contributed by atoms with Crippen molar-refractivity contribution in [1.82, 2.24) is 15.1 Å². The predicted molar refractivity (Wildman–Crippen MR) is 140 cm³/mol. The molecule has 0 aliphatic carbocycles. The van der Waals surface area contributed by atoms with Crippen LogP contribution in [0.15, 0.2) is 60.7 Å². The number of anilines is 2. The fraction of sp³-hybridized carbons (Fsp3) is 0.393. The molecule has 2 aromatic carbocycles. The van der Waals surface area contributed by atoms with Gasteiger partial charge in [0.15, 0.2) is 5.82 Å². The number of para-hydroxylation sites is 1. The summed E-state index contributed by atoms with van der Waals surface area (Å²) in [6, 6.07) is 20.0. The summed E-state index contributed by atoms with van der Waals surface area (Å²) in [6.07, 6.45) is 1.48. The Hall–Kier alpha value is -3.61. The number of hydrogen-bond donors (Lipinski definition) is 2. The molecule has 1 fully saturated rings. The van der Waals surface area contributed by atoms with Crippen LogP contribution in [0.4, 0.5) is 11.5 Å². The van der Waals surface area contributed by atoms with Crippen molar-refractivity contribution in [2.24, 2.45) is 11.8 Å². The lowest BCUT2D eigenvalue weighted by Crippen LogP contribution is -2.42. The standard InChI is InChI=1S/C28H35N5O2/c1-19(2)26(34)30-25-21(4)31-33(24-13-9-6-10-14-24)28(25)32-17-15-23(16-18-32)27(35)29-20(3)22-11-7-5-8-12-22/h5-14,19-20,23H,15-18H2,1-4H3,(H,29,35)(H,30,34). The maximum absolute atomic E-state index is 13.0. The number of aromatic nitrogens is 2. The Balaban J connectivity index is 1.52. The van der Waals surface area contributed by atoms with Crippen LogP contribution in [0.5, 0.6) is 0 Å². The van der Waals surface area contributed by atoms with E-state index in [9.17, 15) is 9.59 Å². The van der Waals surface area contributed by atoms with Crippen LogP contribution in [0.3, 0.4) is 0 Å². The molecule has 3 aromatic rings. The highest BCUT2D eigenvalue weighted by molar-refractivity contribution is 5.96. The fourth-order valence-electron chi connectivity index (χ4n) is 4.48. The number of carbonyl (C=O) groups excluding carboxylic acids is 2. The normalized spacial score (nSPS) is 15.2. The summed E-state index contributed by atoms with van der Waals surface area (Å²) < 4.78 is 1.91. The van der Waals surface area contributed by atoms with Crippen LogP contribution >= 0.6 is 0 Å². The minimum atomic E-state index is -0.136. The van der Waals surface area contributed by atoms with E-state index >= 15 is 0 Å². The zero-order chi connectivity index (χ0) is 24.9. The second kappa shape index (κ2) is 10.8. The van der Waals surface area contributed by atoms with Crippen molar-refractivity contribution < 1.29 is 9.59 Å². The molecule has 0 bridgehead atoms. The van der Waals surface area contributed by atoms with Gasteiger partial charge in [0.05, 0.1) is 17.4 Å². The van der Waals surface area contributed by atoms with Gasteiger partial charge in [-0.3, -0.25) is 9.59 Å². The molecule has 7 nitrogen and oxygen atoms in total. The molecule has 1 unspecified atom stereocenters. The van der Waals surface area contributed by atoms with Gasteiger partial charge < -0.3 is 15.5 Å². The van der Waals surface area contributed by atoms with Crippen molar-refractivity contribution in [2.75, 3.05) is 23.3 Å². The van der Waals surface area contributed by atoms with Crippen LogP contribution < -0.4 is 15.5 Å². The van der Waals surface area contributed by atoms with Gasteiger partial charge in [-0.2, -0.15) is 5.10 Å². The second-order valence-electron chi connectivity index (χ2n) is 9.58. The monoisotopic (exact) mass is 473 g/mol. The average molecular weight is 474 g/mol. The molecular weight excluding hydrogens is 438 g/mol. The van der Waals surface area contributed by atoms with Crippen LogP contribution in [0.25, 0.3) is 5.69 Å². The Morgan fingerprint density at radius 2 is 1.54 bits per heavy atom. The van der Waals surface area contributed by atoms with Crippen molar-refractivity contribution in [2.45, 2.75) is 46.6 Å². The number of hydrogen-bond acceptors (Lipinski definition) is 4. The van der Waals surface area contributed by atoms with Gasteiger partial charge >= 0.3 is 0 Å². The highest BCUT2D eigenvalue weighted by Gasteiger charge is 2.30. The number of nitrogens with one attached hydrogen (secondary N) is 2. The molecule has 0 spiro atoms. The minimum absolute atomic E-state index is 0.0262. The van der Waals surface area contributed by atoms with E-state index in [1.54, 1.807) is 0 Å². The summed E-state index contributed by atoms with van der Waals surface area (Å²) in [5, 5.41) is 11.1. The summed E-state index contributed by atoms with van der Waals surface area (Å²) in [5.41, 5.74) is 3.56. The Morgan fingerprint density at radius 3 is 2.14 bits per heavy atom. The quantitative estimate of drug-likeness (QED) is 0.513. The van der Waals surface area contributed by atoms with Gasteiger partial charge in [0.2, 0.25) is 11.8 Å². The molecule has 1 saturated heterocycles. The predicted octanol–water partition coefficient (Wildman–Crippen LogP) is 4.87. The van der Waals surface area contributed by atoms with Crippen LogP contribution in [-0.2, 0) is 9.59 Å². The van der Waals surface area contributed by atoms with Crippen molar-refractivity contribution in [3.63, 3.8) is 0 Å². The van der Waals surface area contributed by atoms with Gasteiger partial charge in [-0.15, -0.1) is 0 Å². The van der Waals surface area contributed by atoms with Crippen LogP contribution in [0.1, 0.15) is 50.9 Å². The van der Waals surface area contributed by atoms with Crippen molar-refractivity contribution in [3.05, 3.63) is 71.9 Å². The molecule has 2 N–H and O–H groups in total. The first-order chi connectivity index (χ1) is 16.8. The molecule has 2 amide bonds. The number of piperidine rings is 1. The smallest absolute Gasteiger partial charge is 0.227 e. The van der Waals surface area contributed by atoms with Gasteiger partial charge in [-0.1, -0.05) is 62.4 Å². The summed E-state index contributed by atoms with van der Waals surface area (Å²) in [5.74, 6) is 0.760. The lowest BCUT2D eigenvalue weighted by molar-refractivity contribution is -0.126. The van der Waals surface area contributed by atoms with E-state index in [0.29, 0.717) is 13.1 Å². The van der Waals surface area contributed by atoms with Gasteiger partial charge in [0.1, 0.15) is 5.69 Å². The summed E-state index contributed by atoms with van der Waals surface area (Å²) in [7, 11) is 0. The van der Waals surface area contributed by atoms with E-state index < -0.39 is 0 Å². The first-order valence-corrected chi connectivity index (χ1v) is 12.4. The van der Waals surface area contributed by atoms with Crippen LogP contribution in [-0.4, -0.2) is 34.7 Å². The minimum Gasteiger partial charge on any atom is -0.355 e. The third-order valence-electron chi connectivity index (χ3n) is 6.63. The van der Waals surface area contributed by atoms with Gasteiger partial charge in [0, 0.05) is 24.9 Å². The zero-order valence-corrected chi connectivity index (χ0v) is 21.0. The van der Waals surface area contributed by atoms with E-state index in [1.807, 2.05) is 93.0 Å². The number of rotatable bonds is 7. The highest BCUT2D eigenvalue weighted by Crippen LogP contribution is 2.35. The highest BCUT2D eigenvalue weighted by atomic mass is 16.2. The van der Waals surface area contributed by atoms with E-state index in [2.05, 4.69) is 15.5 Å². The molecular formula is C28H35N5O2. The Labute approximate surface area is 207 Å². The molecule has 4 rings (SSSR count). The summed E-state index contributed by atoms with van der Waals surface area (Å²) >= 11 is 0. The third kappa shape index (κ3) is 5.56. The lowest BCUT2D eigenvalue weighted by Gasteiger charge is -2.34. The molecule has 1 atom stereocenters. The second-order valence-corrected chi connectivity index (χ2v) is 9.58. The van der Waals surface area contributed by atoms with Crippen molar-refractivity contribution >= 4 is 23.3 Å². The topological polar surface area (TPSA) is 79.3 Å². The molecule has 0 saturated carbocycles. The number of nitrogens with zero attached hydrogens (tertiary/aromatic N) is 3. The molecule has 1 aliphatic rings. The van der Waals surface area contributed by atoms with Gasteiger partial charge in [0.25, 0.3) is 0 Å². The molecule has 1 aliphatic heterocycles. The van der Waals surface area contributed by atoms with Crippen molar-refractivity contribution in [3.8, 4) is 5.69 Å². The molecule has 184 valence electrons. The fourth-order valence-corrected chi connectivity index (χ4v) is 4.48. The molecule has 35 heavy (non-hydrogen) atoms. The molecule has 7 heteroatoms. The Morgan fingerprint density at radius 1 is 0.943 bits per heavy atom. The van der Waals surface area contributed by atoms with Crippen LogP contribution in [0.2, 0.25) is 0 Å². The maximum atomic E-state index is 13.0. The van der Waals surface area contributed by atoms with E-state index in [0.717, 1.165) is 41.3 Å². The number of aryl methyl sites for hydroxylation is 1. The Bertz CT molecular complexity index is 1150. The Kier molecular flexibility index (Phi) is 7.54. The SMILES string of the molecule is Cc1nn(-c2ccccc2)c(N2CCC(C(=O)NC(C)c3ccccc3)CC2)c1NC(=O)C(C)C. The lowest BCUT2D eigenvalue weighted by atomic mass is 9.95. The zero-order valence-electron chi connectivity index (χ0n) is 21.0. The molecule has 2 heterocycles. The van der Waals surface area contributed by atoms with Gasteiger partial charge in [-0.05, 0) is 44.4 Å². The largest absolute Gasteiger partial charge is 0.355 e. The first-order valence-electron chi connectivity index (χ1n) is 12.4. The molecule has 1 aromatic heterocycles. The number of carbonyl (C=O) groups is 2.